The molecule has 0 saturated carbocycles. The van der Waals surface area contributed by atoms with E-state index in [0.717, 1.165) is 25.8 Å². The van der Waals surface area contributed by atoms with Crippen molar-refractivity contribution in [1.29, 1.82) is 0 Å². The van der Waals surface area contributed by atoms with Gasteiger partial charge in [-0.1, -0.05) is 6.92 Å². The molecule has 140 valence electrons. The third-order valence-corrected chi connectivity index (χ3v) is 4.40. The highest BCUT2D eigenvalue weighted by atomic mass is 19.1. The highest BCUT2D eigenvalue weighted by Gasteiger charge is 2.24. The van der Waals surface area contributed by atoms with Crippen LogP contribution in [0.1, 0.15) is 26.2 Å². The van der Waals surface area contributed by atoms with E-state index in [2.05, 4.69) is 37.8 Å². The summed E-state index contributed by atoms with van der Waals surface area (Å²) in [6, 6.07) is 5.09. The lowest BCUT2D eigenvalue weighted by atomic mass is 10.0. The molecule has 2 aromatic rings. The number of nitrogens with one attached hydrogen (secondary N) is 3. The zero-order valence-corrected chi connectivity index (χ0v) is 14.9. The average Bonchev–Trinajstić information content (AvgIpc) is 3.14. The van der Waals surface area contributed by atoms with Crippen molar-refractivity contribution < 1.29 is 9.13 Å². The Kier molecular flexibility index (Phi) is 5.67. The maximum Gasteiger partial charge on any atom is 0.233 e. The van der Waals surface area contributed by atoms with Gasteiger partial charge in [0.15, 0.2) is 11.6 Å². The summed E-state index contributed by atoms with van der Waals surface area (Å²) in [6.45, 7) is 3.14. The lowest BCUT2D eigenvalue weighted by Gasteiger charge is -2.23. The van der Waals surface area contributed by atoms with Crippen LogP contribution >= 0.6 is 0 Å². The lowest BCUT2D eigenvalue weighted by molar-refractivity contribution is 0.386. The summed E-state index contributed by atoms with van der Waals surface area (Å²) < 4.78 is 18.8. The number of aromatic nitrogens is 3. The fourth-order valence-electron chi connectivity index (χ4n) is 3.09. The Labute approximate surface area is 151 Å². The number of halogens is 1. The predicted octanol–water partition coefficient (Wildman–Crippen LogP) is 2.29. The molecule has 1 aliphatic rings. The van der Waals surface area contributed by atoms with E-state index in [4.69, 9.17) is 10.5 Å². The van der Waals surface area contributed by atoms with Crippen molar-refractivity contribution in [3.8, 4) is 5.75 Å². The van der Waals surface area contributed by atoms with Gasteiger partial charge in [-0.3, -0.25) is 0 Å². The van der Waals surface area contributed by atoms with Crippen LogP contribution < -0.4 is 26.4 Å². The Morgan fingerprint density at radius 2 is 2.15 bits per heavy atom. The summed E-state index contributed by atoms with van der Waals surface area (Å²) in [7, 11) is 1.42. The summed E-state index contributed by atoms with van der Waals surface area (Å²) in [6.07, 6.45) is 3.20. The third kappa shape index (κ3) is 4.29. The summed E-state index contributed by atoms with van der Waals surface area (Å²) in [5.41, 5.74) is 6.30. The molecular formula is C17H24FN7O. The zero-order chi connectivity index (χ0) is 18.5. The van der Waals surface area contributed by atoms with Crippen LogP contribution in [-0.4, -0.2) is 40.7 Å². The number of ether oxygens (including phenoxy) is 1. The first-order valence-corrected chi connectivity index (χ1v) is 8.71. The maximum absolute atomic E-state index is 13.8. The SMILES string of the molecule is CCC(Nc1nc(N)nc(Nc2ccc(OC)c(F)c2)n1)C1CCCN1. The predicted molar refractivity (Wildman–Crippen MR) is 99.2 cm³/mol. The van der Waals surface area contributed by atoms with E-state index in [9.17, 15) is 4.39 Å². The molecule has 2 unspecified atom stereocenters. The molecule has 26 heavy (non-hydrogen) atoms. The van der Waals surface area contributed by atoms with Gasteiger partial charge in [-0.15, -0.1) is 0 Å². The number of nitrogens with zero attached hydrogens (tertiary/aromatic N) is 3. The van der Waals surface area contributed by atoms with E-state index in [1.165, 1.54) is 19.2 Å². The van der Waals surface area contributed by atoms with Gasteiger partial charge in [-0.2, -0.15) is 15.0 Å². The van der Waals surface area contributed by atoms with Gasteiger partial charge in [-0.25, -0.2) is 4.39 Å². The number of rotatable bonds is 7. The lowest BCUT2D eigenvalue weighted by Crippen LogP contribution is -2.40. The second-order valence-electron chi connectivity index (χ2n) is 6.18. The molecular weight excluding hydrogens is 337 g/mol. The largest absolute Gasteiger partial charge is 0.494 e. The molecule has 2 heterocycles. The van der Waals surface area contributed by atoms with Crippen LogP contribution in [0, 0.1) is 5.82 Å². The van der Waals surface area contributed by atoms with Gasteiger partial charge in [0.05, 0.1) is 7.11 Å². The van der Waals surface area contributed by atoms with Crippen molar-refractivity contribution in [1.82, 2.24) is 20.3 Å². The van der Waals surface area contributed by atoms with Gasteiger partial charge in [-0.05, 0) is 37.9 Å². The molecule has 3 rings (SSSR count). The third-order valence-electron chi connectivity index (χ3n) is 4.40. The minimum atomic E-state index is -0.476. The van der Waals surface area contributed by atoms with E-state index >= 15 is 0 Å². The molecule has 0 amide bonds. The van der Waals surface area contributed by atoms with E-state index in [1.54, 1.807) is 6.07 Å². The maximum atomic E-state index is 13.8. The van der Waals surface area contributed by atoms with Crippen LogP contribution in [0.2, 0.25) is 0 Å². The monoisotopic (exact) mass is 361 g/mol. The summed E-state index contributed by atoms with van der Waals surface area (Å²) in [4.78, 5) is 12.6. The Morgan fingerprint density at radius 1 is 1.35 bits per heavy atom. The highest BCUT2D eigenvalue weighted by Crippen LogP contribution is 2.23. The van der Waals surface area contributed by atoms with E-state index in [0.29, 0.717) is 17.7 Å². The van der Waals surface area contributed by atoms with Crippen molar-refractivity contribution in [2.24, 2.45) is 0 Å². The smallest absolute Gasteiger partial charge is 0.233 e. The van der Waals surface area contributed by atoms with Crippen LogP contribution in [0.25, 0.3) is 0 Å². The van der Waals surface area contributed by atoms with Crippen molar-refractivity contribution in [2.75, 3.05) is 30.0 Å². The Bertz CT molecular complexity index is 752. The molecule has 9 heteroatoms. The van der Waals surface area contributed by atoms with Crippen LogP contribution in [0.4, 0.5) is 27.9 Å². The van der Waals surface area contributed by atoms with Crippen molar-refractivity contribution in [3.05, 3.63) is 24.0 Å². The van der Waals surface area contributed by atoms with Gasteiger partial charge in [0, 0.05) is 23.8 Å². The second kappa shape index (κ2) is 8.13. The molecule has 1 aromatic heterocycles. The number of nitrogens with two attached hydrogens (primary N) is 1. The topological polar surface area (TPSA) is 110 Å². The second-order valence-corrected chi connectivity index (χ2v) is 6.18. The Hall–Kier alpha value is -2.68. The fraction of sp³-hybridized carbons (Fsp3) is 0.471. The van der Waals surface area contributed by atoms with E-state index in [-0.39, 0.29) is 23.7 Å². The molecule has 8 nitrogen and oxygen atoms in total. The van der Waals surface area contributed by atoms with Crippen molar-refractivity contribution in [3.63, 3.8) is 0 Å². The fourth-order valence-corrected chi connectivity index (χ4v) is 3.09. The average molecular weight is 361 g/mol. The number of hydrogen-bond donors (Lipinski definition) is 4. The van der Waals surface area contributed by atoms with Crippen molar-refractivity contribution in [2.45, 2.75) is 38.3 Å². The summed E-state index contributed by atoms with van der Waals surface area (Å²) in [5.74, 6) is 0.431. The van der Waals surface area contributed by atoms with Gasteiger partial charge in [0.1, 0.15) is 0 Å². The minimum Gasteiger partial charge on any atom is -0.494 e. The van der Waals surface area contributed by atoms with Crippen LogP contribution in [0.3, 0.4) is 0 Å². The van der Waals surface area contributed by atoms with E-state index < -0.39 is 5.82 Å². The molecule has 1 aromatic carbocycles. The van der Waals surface area contributed by atoms with Gasteiger partial charge in [0.25, 0.3) is 0 Å². The van der Waals surface area contributed by atoms with Crippen LogP contribution in [0.15, 0.2) is 18.2 Å². The number of methoxy groups -OCH3 is 1. The summed E-state index contributed by atoms with van der Waals surface area (Å²) >= 11 is 0. The number of nitrogen functional groups attached to an aromatic ring is 1. The van der Waals surface area contributed by atoms with Crippen LogP contribution in [0.5, 0.6) is 5.75 Å². The van der Waals surface area contributed by atoms with Gasteiger partial charge < -0.3 is 26.4 Å². The standard InChI is InChI=1S/C17H24FN7O/c1-3-12(13-5-4-8-20-13)22-17-24-15(19)23-16(25-17)21-10-6-7-14(26-2)11(18)9-10/h6-7,9,12-13,20H,3-5,8H2,1-2H3,(H4,19,21,22,23,24,25). The number of benzene rings is 1. The molecule has 0 spiro atoms. The first-order chi connectivity index (χ1) is 12.6. The molecule has 0 aliphatic carbocycles. The first-order valence-electron chi connectivity index (χ1n) is 8.71. The number of hydrogen-bond acceptors (Lipinski definition) is 8. The molecule has 0 radical (unpaired) electrons. The minimum absolute atomic E-state index is 0.0909. The molecule has 2 atom stereocenters. The zero-order valence-electron chi connectivity index (χ0n) is 14.9. The Morgan fingerprint density at radius 3 is 2.81 bits per heavy atom. The Balaban J connectivity index is 1.75. The quantitative estimate of drug-likeness (QED) is 0.595. The van der Waals surface area contributed by atoms with Gasteiger partial charge in [0.2, 0.25) is 17.8 Å². The normalized spacial score (nSPS) is 17.7. The van der Waals surface area contributed by atoms with Crippen LogP contribution in [-0.2, 0) is 0 Å². The van der Waals surface area contributed by atoms with E-state index in [1.807, 2.05) is 0 Å². The molecule has 1 fully saturated rings. The number of anilines is 4. The molecule has 1 saturated heterocycles. The van der Waals surface area contributed by atoms with Gasteiger partial charge >= 0.3 is 0 Å². The first kappa shape index (κ1) is 18.1. The highest BCUT2D eigenvalue weighted by molar-refractivity contribution is 5.56. The molecule has 5 N–H and O–H groups in total. The molecule has 1 aliphatic heterocycles. The summed E-state index contributed by atoms with van der Waals surface area (Å²) in [5, 5.41) is 9.75. The van der Waals surface area contributed by atoms with Crippen molar-refractivity contribution >= 4 is 23.5 Å². The molecule has 0 bridgehead atoms.